The molecule has 1 rings (SSSR count). The average Bonchev–Trinajstić information content (AvgIpc) is 2.49. The Morgan fingerprint density at radius 2 is 1.83 bits per heavy atom. The molecule has 0 fully saturated rings. The van der Waals surface area contributed by atoms with Crippen molar-refractivity contribution in [1.82, 2.24) is 4.72 Å². The molecule has 0 radical (unpaired) electrons. The molecule has 0 saturated heterocycles. The second kappa shape index (κ2) is 9.14. The monoisotopic (exact) mass is 351 g/mol. The molecule has 1 aromatic carbocycles. The van der Waals surface area contributed by atoms with Crippen LogP contribution >= 0.6 is 0 Å². The first-order chi connectivity index (χ1) is 11.1. The van der Waals surface area contributed by atoms with Crippen molar-refractivity contribution in [2.24, 2.45) is 5.92 Å². The minimum Gasteiger partial charge on any atom is -0.461 e. The minimum absolute atomic E-state index is 0.115. The number of ether oxygens (including phenoxy) is 1. The van der Waals surface area contributed by atoms with E-state index >= 15 is 0 Å². The van der Waals surface area contributed by atoms with Gasteiger partial charge in [-0.1, -0.05) is 50.8 Å². The third-order valence-electron chi connectivity index (χ3n) is 3.51. The van der Waals surface area contributed by atoms with Gasteiger partial charge in [-0.15, -0.1) is 0 Å². The Bertz CT molecular complexity index is 576. The van der Waals surface area contributed by atoms with Crippen LogP contribution in [0.25, 0.3) is 0 Å². The van der Waals surface area contributed by atoms with E-state index in [2.05, 4.69) is 11.3 Å². The zero-order valence-electron chi connectivity index (χ0n) is 15.3. The van der Waals surface area contributed by atoms with Crippen molar-refractivity contribution in [2.75, 3.05) is 0 Å². The molecule has 2 atom stereocenters. The van der Waals surface area contributed by atoms with Crippen LogP contribution < -0.4 is 4.72 Å². The van der Waals surface area contributed by atoms with E-state index in [0.717, 1.165) is 5.56 Å². The van der Waals surface area contributed by atoms with Gasteiger partial charge in [0.2, 0.25) is 0 Å². The smallest absolute Gasteiger partial charge is 0.310 e. The quantitative estimate of drug-likeness (QED) is 0.573. The van der Waals surface area contributed by atoms with Gasteiger partial charge in [-0.2, -0.15) is 0 Å². The van der Waals surface area contributed by atoms with Gasteiger partial charge in [-0.25, -0.2) is 8.93 Å². The van der Waals surface area contributed by atoms with Crippen LogP contribution in [0, 0.1) is 5.92 Å². The Balaban J connectivity index is 2.58. The van der Waals surface area contributed by atoms with Crippen LogP contribution in [0.4, 0.5) is 0 Å². The number of hydrogen-bond acceptors (Lipinski definition) is 3. The van der Waals surface area contributed by atoms with Gasteiger partial charge >= 0.3 is 5.97 Å². The first-order valence-corrected chi connectivity index (χ1v) is 9.31. The molecule has 4 nitrogen and oxygen atoms in total. The molecule has 24 heavy (non-hydrogen) atoms. The number of nitrogens with one attached hydrogen (secondary N) is 1. The summed E-state index contributed by atoms with van der Waals surface area (Å²) in [5, 5.41) is 0. The van der Waals surface area contributed by atoms with Gasteiger partial charge in [-0.05, 0) is 37.8 Å². The van der Waals surface area contributed by atoms with Crippen LogP contribution in [0.3, 0.4) is 0 Å². The molecule has 0 saturated carbocycles. The maximum atomic E-state index is 12.3. The van der Waals surface area contributed by atoms with Crippen LogP contribution in [-0.4, -0.2) is 21.0 Å². The molecular formula is C19H29NO3S. The van der Waals surface area contributed by atoms with E-state index in [-0.39, 0.29) is 35.7 Å². The summed E-state index contributed by atoms with van der Waals surface area (Å²) in [5.74, 6) is -0.149. The highest BCUT2D eigenvalue weighted by Gasteiger charge is 2.26. The van der Waals surface area contributed by atoms with Gasteiger partial charge in [0.05, 0.1) is 22.2 Å². The molecule has 5 heteroatoms. The molecule has 0 heterocycles. The zero-order valence-corrected chi connectivity index (χ0v) is 16.1. The standard InChI is InChI=1S/C19H29NO3S/c1-14(2)18(20-24(22)19(4,5)6)15(3)12-17(21)23-13-16-10-8-7-9-11-16/h7-11,14,18,20H,3,12-13H2,1-2,4-6H3/t18-,24+/m0/s1. The lowest BCUT2D eigenvalue weighted by Gasteiger charge is -2.28. The topological polar surface area (TPSA) is 55.4 Å². The molecule has 0 aliphatic heterocycles. The number of carbonyl (C=O) groups is 1. The molecule has 0 bridgehead atoms. The van der Waals surface area contributed by atoms with Crippen molar-refractivity contribution in [3.05, 3.63) is 48.0 Å². The molecule has 0 aliphatic rings. The Morgan fingerprint density at radius 1 is 1.25 bits per heavy atom. The lowest BCUT2D eigenvalue weighted by molar-refractivity contribution is -0.144. The lowest BCUT2D eigenvalue weighted by Crippen LogP contribution is -2.43. The molecule has 0 unspecified atom stereocenters. The van der Waals surface area contributed by atoms with E-state index in [1.807, 2.05) is 65.0 Å². The summed E-state index contributed by atoms with van der Waals surface area (Å²) >= 11 is 0. The fraction of sp³-hybridized carbons (Fsp3) is 0.526. The second-order valence-electron chi connectivity index (χ2n) is 7.20. The number of esters is 1. The van der Waals surface area contributed by atoms with Crippen molar-refractivity contribution < 1.29 is 13.7 Å². The predicted molar refractivity (Wildman–Crippen MR) is 99.7 cm³/mol. The zero-order chi connectivity index (χ0) is 18.3. The van der Waals surface area contributed by atoms with E-state index in [1.165, 1.54) is 0 Å². The summed E-state index contributed by atoms with van der Waals surface area (Å²) in [7, 11) is -1.22. The fourth-order valence-corrected chi connectivity index (χ4v) is 3.09. The normalized spacial score (nSPS) is 14.2. The SMILES string of the molecule is C=C(CC(=O)OCc1ccccc1)[C@@H](N[S@](=O)C(C)(C)C)C(C)C. The molecule has 1 N–H and O–H groups in total. The molecule has 1 aromatic rings. The third kappa shape index (κ3) is 6.97. The maximum absolute atomic E-state index is 12.3. The van der Waals surface area contributed by atoms with Gasteiger partial charge in [0.15, 0.2) is 0 Å². The predicted octanol–water partition coefficient (Wildman–Crippen LogP) is 3.75. The summed E-state index contributed by atoms with van der Waals surface area (Å²) in [6.45, 7) is 14.0. The highest BCUT2D eigenvalue weighted by Crippen LogP contribution is 2.19. The van der Waals surface area contributed by atoms with Crippen molar-refractivity contribution in [1.29, 1.82) is 0 Å². The molecule has 0 amide bonds. The summed E-state index contributed by atoms with van der Waals surface area (Å²) < 4.78 is 20.3. The molecule has 134 valence electrons. The summed E-state index contributed by atoms with van der Waals surface area (Å²) in [6.07, 6.45) is 0.115. The average molecular weight is 352 g/mol. The number of rotatable bonds is 8. The van der Waals surface area contributed by atoms with Gasteiger partial charge in [-0.3, -0.25) is 4.79 Å². The van der Waals surface area contributed by atoms with E-state index in [0.29, 0.717) is 5.57 Å². The summed E-state index contributed by atoms with van der Waals surface area (Å²) in [6, 6.07) is 9.35. The van der Waals surface area contributed by atoms with Crippen molar-refractivity contribution in [3.8, 4) is 0 Å². The van der Waals surface area contributed by atoms with Gasteiger partial charge < -0.3 is 4.74 Å². The second-order valence-corrected chi connectivity index (χ2v) is 9.20. The first kappa shape index (κ1) is 20.6. The van der Waals surface area contributed by atoms with E-state index in [4.69, 9.17) is 4.74 Å². The van der Waals surface area contributed by atoms with E-state index in [9.17, 15) is 9.00 Å². The Morgan fingerprint density at radius 3 is 2.33 bits per heavy atom. The van der Waals surface area contributed by atoms with Crippen LogP contribution in [0.2, 0.25) is 0 Å². The van der Waals surface area contributed by atoms with Gasteiger partial charge in [0.1, 0.15) is 6.61 Å². The third-order valence-corrected chi connectivity index (χ3v) is 5.09. The Labute approximate surface area is 148 Å². The summed E-state index contributed by atoms with van der Waals surface area (Å²) in [5.41, 5.74) is 1.64. The lowest BCUT2D eigenvalue weighted by atomic mass is 9.96. The highest BCUT2D eigenvalue weighted by atomic mass is 32.2. The molecular weight excluding hydrogens is 322 g/mol. The maximum Gasteiger partial charge on any atom is 0.310 e. The fourth-order valence-electron chi connectivity index (χ4n) is 2.07. The van der Waals surface area contributed by atoms with Crippen LogP contribution in [0.15, 0.2) is 42.5 Å². The van der Waals surface area contributed by atoms with Crippen LogP contribution in [0.5, 0.6) is 0 Å². The minimum atomic E-state index is -1.22. The van der Waals surface area contributed by atoms with E-state index in [1.54, 1.807) is 0 Å². The van der Waals surface area contributed by atoms with Crippen molar-refractivity contribution in [3.63, 3.8) is 0 Å². The number of carbonyl (C=O) groups excluding carboxylic acids is 1. The van der Waals surface area contributed by atoms with Crippen molar-refractivity contribution in [2.45, 2.75) is 58.4 Å². The van der Waals surface area contributed by atoms with Crippen molar-refractivity contribution >= 4 is 17.0 Å². The van der Waals surface area contributed by atoms with Crippen LogP contribution in [0.1, 0.15) is 46.6 Å². The molecule has 0 spiro atoms. The number of hydrogen-bond donors (Lipinski definition) is 1. The summed E-state index contributed by atoms with van der Waals surface area (Å²) in [4.78, 5) is 12.0. The number of benzene rings is 1. The Hall–Kier alpha value is -1.46. The van der Waals surface area contributed by atoms with E-state index < -0.39 is 11.0 Å². The molecule has 0 aromatic heterocycles. The first-order valence-electron chi connectivity index (χ1n) is 8.16. The highest BCUT2D eigenvalue weighted by molar-refractivity contribution is 7.84. The van der Waals surface area contributed by atoms with Gasteiger partial charge in [0, 0.05) is 6.04 Å². The van der Waals surface area contributed by atoms with Crippen LogP contribution in [-0.2, 0) is 27.1 Å². The Kier molecular flexibility index (Phi) is 7.84. The largest absolute Gasteiger partial charge is 0.461 e. The molecule has 0 aliphatic carbocycles. The van der Waals surface area contributed by atoms with Gasteiger partial charge in [0.25, 0.3) is 0 Å².